The summed E-state index contributed by atoms with van der Waals surface area (Å²) in [4.78, 5) is 21.2. The molecule has 3 aromatic carbocycles. The van der Waals surface area contributed by atoms with E-state index in [-0.39, 0.29) is 5.97 Å². The number of ether oxygens (including phenoxy) is 1. The summed E-state index contributed by atoms with van der Waals surface area (Å²) in [6.07, 6.45) is 0. The summed E-state index contributed by atoms with van der Waals surface area (Å²) in [6.45, 7) is 3.84. The minimum Gasteiger partial charge on any atom is -0.423 e. The van der Waals surface area contributed by atoms with Gasteiger partial charge in [-0.15, -0.1) is 0 Å². The van der Waals surface area contributed by atoms with Gasteiger partial charge in [-0.2, -0.15) is 0 Å². The van der Waals surface area contributed by atoms with Crippen LogP contribution in [-0.4, -0.2) is 15.9 Å². The third kappa shape index (κ3) is 4.70. The molecular weight excluding hydrogens is 374 g/mol. The quantitative estimate of drug-likeness (QED) is 0.346. The summed E-state index contributed by atoms with van der Waals surface area (Å²) in [5.41, 5.74) is 4.34. The molecule has 4 aromatic rings. The lowest BCUT2D eigenvalue weighted by Gasteiger charge is -2.10. The van der Waals surface area contributed by atoms with Gasteiger partial charge in [0.1, 0.15) is 17.4 Å². The maximum atomic E-state index is 12.3. The Labute approximate surface area is 175 Å². The molecular formula is C25H21N3O2. The standard InChI is InChI=1S/C25H21N3O2/c1-17-8-10-20(11-9-17)25(29)30-22-14-12-21(13-15-22)28-24-16-23(26-18(2)27-24)19-6-4-3-5-7-19/h3-16H,1-2H3,(H,26,27,28). The van der Waals surface area contributed by atoms with Gasteiger partial charge in [0.2, 0.25) is 0 Å². The first-order valence-corrected chi connectivity index (χ1v) is 9.64. The van der Waals surface area contributed by atoms with Gasteiger partial charge in [-0.1, -0.05) is 48.0 Å². The number of hydrogen-bond acceptors (Lipinski definition) is 5. The number of aryl methyl sites for hydroxylation is 2. The van der Waals surface area contributed by atoms with Crippen LogP contribution in [0.2, 0.25) is 0 Å². The molecule has 1 N–H and O–H groups in total. The summed E-state index contributed by atoms with van der Waals surface area (Å²) in [5.74, 6) is 1.48. The molecule has 4 rings (SSSR count). The van der Waals surface area contributed by atoms with Crippen molar-refractivity contribution in [2.75, 3.05) is 5.32 Å². The highest BCUT2D eigenvalue weighted by Gasteiger charge is 2.09. The summed E-state index contributed by atoms with van der Waals surface area (Å²) in [6, 6.07) is 26.4. The van der Waals surface area contributed by atoms with Crippen LogP contribution in [-0.2, 0) is 0 Å². The van der Waals surface area contributed by atoms with Crippen molar-refractivity contribution >= 4 is 17.5 Å². The van der Waals surface area contributed by atoms with E-state index < -0.39 is 0 Å². The van der Waals surface area contributed by atoms with Crippen LogP contribution in [0.25, 0.3) is 11.3 Å². The van der Waals surface area contributed by atoms with Crippen molar-refractivity contribution in [3.63, 3.8) is 0 Å². The Morgan fingerprint density at radius 1 is 0.833 bits per heavy atom. The lowest BCUT2D eigenvalue weighted by Crippen LogP contribution is -2.08. The lowest BCUT2D eigenvalue weighted by molar-refractivity contribution is 0.0735. The van der Waals surface area contributed by atoms with Crippen LogP contribution in [0.15, 0.2) is 84.9 Å². The molecule has 0 aliphatic rings. The molecule has 0 saturated carbocycles. The molecule has 5 heteroatoms. The first kappa shape index (κ1) is 19.3. The minimum atomic E-state index is -0.380. The van der Waals surface area contributed by atoms with Crippen LogP contribution in [0, 0.1) is 13.8 Å². The third-order valence-corrected chi connectivity index (χ3v) is 4.53. The van der Waals surface area contributed by atoms with Crippen molar-refractivity contribution in [3.8, 4) is 17.0 Å². The van der Waals surface area contributed by atoms with Gasteiger partial charge in [0, 0.05) is 17.3 Å². The number of benzene rings is 3. The van der Waals surface area contributed by atoms with Crippen molar-refractivity contribution in [2.24, 2.45) is 0 Å². The smallest absolute Gasteiger partial charge is 0.343 e. The molecule has 0 spiro atoms. The van der Waals surface area contributed by atoms with E-state index in [9.17, 15) is 4.79 Å². The van der Waals surface area contributed by atoms with E-state index in [1.807, 2.05) is 74.5 Å². The Balaban J connectivity index is 1.47. The van der Waals surface area contributed by atoms with Crippen molar-refractivity contribution in [3.05, 3.63) is 102 Å². The zero-order valence-electron chi connectivity index (χ0n) is 16.8. The Morgan fingerprint density at radius 2 is 1.53 bits per heavy atom. The minimum absolute atomic E-state index is 0.380. The molecule has 0 bridgehead atoms. The predicted octanol–water partition coefficient (Wildman–Crippen LogP) is 5.72. The van der Waals surface area contributed by atoms with E-state index in [2.05, 4.69) is 15.3 Å². The number of carbonyl (C=O) groups excluding carboxylic acids is 1. The van der Waals surface area contributed by atoms with E-state index >= 15 is 0 Å². The van der Waals surface area contributed by atoms with Gasteiger partial charge < -0.3 is 10.1 Å². The number of aromatic nitrogens is 2. The van der Waals surface area contributed by atoms with Crippen molar-refractivity contribution in [1.29, 1.82) is 0 Å². The molecule has 30 heavy (non-hydrogen) atoms. The molecule has 0 aliphatic heterocycles. The number of nitrogens with one attached hydrogen (secondary N) is 1. The Kier molecular flexibility index (Phi) is 5.52. The molecule has 0 radical (unpaired) electrons. The molecule has 148 valence electrons. The molecule has 0 atom stereocenters. The third-order valence-electron chi connectivity index (χ3n) is 4.53. The lowest BCUT2D eigenvalue weighted by atomic mass is 10.1. The SMILES string of the molecule is Cc1ccc(C(=O)Oc2ccc(Nc3cc(-c4ccccc4)nc(C)n3)cc2)cc1. The maximum Gasteiger partial charge on any atom is 0.343 e. The second-order valence-electron chi connectivity index (χ2n) is 6.96. The fourth-order valence-electron chi connectivity index (χ4n) is 3.00. The second-order valence-corrected chi connectivity index (χ2v) is 6.96. The average molecular weight is 395 g/mol. The van der Waals surface area contributed by atoms with Gasteiger partial charge in [0.25, 0.3) is 0 Å². The first-order valence-electron chi connectivity index (χ1n) is 9.64. The summed E-state index contributed by atoms with van der Waals surface area (Å²) < 4.78 is 5.45. The van der Waals surface area contributed by atoms with E-state index in [0.717, 1.165) is 22.5 Å². The molecule has 0 amide bonds. The van der Waals surface area contributed by atoms with E-state index in [1.165, 1.54) is 0 Å². The van der Waals surface area contributed by atoms with Crippen LogP contribution in [0.4, 0.5) is 11.5 Å². The zero-order chi connectivity index (χ0) is 20.9. The van der Waals surface area contributed by atoms with Gasteiger partial charge >= 0.3 is 5.97 Å². The largest absolute Gasteiger partial charge is 0.423 e. The Hall–Kier alpha value is -3.99. The summed E-state index contributed by atoms with van der Waals surface area (Å²) in [7, 11) is 0. The van der Waals surface area contributed by atoms with Gasteiger partial charge in [-0.3, -0.25) is 0 Å². The topological polar surface area (TPSA) is 64.1 Å². The van der Waals surface area contributed by atoms with E-state index in [1.54, 1.807) is 24.3 Å². The van der Waals surface area contributed by atoms with Crippen LogP contribution in [0.5, 0.6) is 5.75 Å². The van der Waals surface area contributed by atoms with E-state index in [4.69, 9.17) is 4.74 Å². The van der Waals surface area contributed by atoms with Gasteiger partial charge in [0.05, 0.1) is 11.3 Å². The predicted molar refractivity (Wildman–Crippen MR) is 118 cm³/mol. The van der Waals surface area contributed by atoms with Gasteiger partial charge in [0.15, 0.2) is 0 Å². The first-order chi connectivity index (χ1) is 14.6. The fourth-order valence-corrected chi connectivity index (χ4v) is 3.00. The van der Waals surface area contributed by atoms with E-state index in [0.29, 0.717) is 23.0 Å². The number of anilines is 2. The molecule has 1 heterocycles. The molecule has 0 aliphatic carbocycles. The number of rotatable bonds is 5. The molecule has 0 fully saturated rings. The second kappa shape index (κ2) is 8.57. The molecule has 1 aromatic heterocycles. The highest BCUT2D eigenvalue weighted by atomic mass is 16.5. The zero-order valence-corrected chi connectivity index (χ0v) is 16.8. The van der Waals surface area contributed by atoms with Crippen LogP contribution in [0.3, 0.4) is 0 Å². The van der Waals surface area contributed by atoms with Crippen LogP contribution in [0.1, 0.15) is 21.7 Å². The number of esters is 1. The Morgan fingerprint density at radius 3 is 2.23 bits per heavy atom. The molecule has 0 saturated heterocycles. The van der Waals surface area contributed by atoms with Crippen molar-refractivity contribution in [1.82, 2.24) is 9.97 Å². The molecule has 5 nitrogen and oxygen atoms in total. The normalized spacial score (nSPS) is 10.5. The fraction of sp³-hybridized carbons (Fsp3) is 0.0800. The van der Waals surface area contributed by atoms with Gasteiger partial charge in [-0.25, -0.2) is 14.8 Å². The van der Waals surface area contributed by atoms with Crippen molar-refractivity contribution < 1.29 is 9.53 Å². The Bertz CT molecular complexity index is 1160. The van der Waals surface area contributed by atoms with Gasteiger partial charge in [-0.05, 0) is 50.2 Å². The van der Waals surface area contributed by atoms with Crippen LogP contribution < -0.4 is 10.1 Å². The highest BCUT2D eigenvalue weighted by molar-refractivity contribution is 5.91. The maximum absolute atomic E-state index is 12.3. The average Bonchev–Trinajstić information content (AvgIpc) is 2.76. The monoisotopic (exact) mass is 395 g/mol. The molecule has 0 unspecified atom stereocenters. The summed E-state index contributed by atoms with van der Waals surface area (Å²) >= 11 is 0. The summed E-state index contributed by atoms with van der Waals surface area (Å²) in [5, 5.41) is 3.28. The number of hydrogen-bond donors (Lipinski definition) is 1. The highest BCUT2D eigenvalue weighted by Crippen LogP contribution is 2.23. The number of carbonyl (C=O) groups is 1. The van der Waals surface area contributed by atoms with Crippen LogP contribution >= 0.6 is 0 Å². The number of nitrogens with zero attached hydrogens (tertiary/aromatic N) is 2. The van der Waals surface area contributed by atoms with Crippen molar-refractivity contribution in [2.45, 2.75) is 13.8 Å².